The number of carbonyl (C=O) groups is 1. The number of pyridine rings is 1. The van der Waals surface area contributed by atoms with Crippen molar-refractivity contribution in [2.75, 3.05) is 18.0 Å². The van der Waals surface area contributed by atoms with Crippen LogP contribution in [0.15, 0.2) is 91.1 Å². The predicted octanol–water partition coefficient (Wildman–Crippen LogP) is 6.80. The zero-order valence-corrected chi connectivity index (χ0v) is 27.1. The van der Waals surface area contributed by atoms with Crippen molar-refractivity contribution in [3.63, 3.8) is 0 Å². The van der Waals surface area contributed by atoms with Crippen molar-refractivity contribution in [2.24, 2.45) is 0 Å². The van der Waals surface area contributed by atoms with Gasteiger partial charge in [0.2, 0.25) is 5.78 Å². The fourth-order valence-corrected chi connectivity index (χ4v) is 11.1. The minimum atomic E-state index is -2.95. The van der Waals surface area contributed by atoms with Gasteiger partial charge < -0.3 is 14.1 Å². The van der Waals surface area contributed by atoms with E-state index in [1.807, 2.05) is 50.2 Å². The topological polar surface area (TPSA) is 51.7 Å². The standard InChI is InChI=1S/C35H38ClFN2O3Si/c1-24-21-39(22-25(2)42-24)33-26(20-29(32(37)31(33)36)34(40)30-18-12-13-19-38-30)23-41-43(35(3,4)5,27-14-8-6-9-15-27)28-16-10-7-11-17-28/h6-20,24-25H,21-23H2,1-5H3. The molecule has 0 amide bonds. The molecule has 5 nitrogen and oxygen atoms in total. The van der Waals surface area contributed by atoms with E-state index in [0.29, 0.717) is 24.3 Å². The van der Waals surface area contributed by atoms with Crippen LogP contribution < -0.4 is 15.3 Å². The molecule has 1 aliphatic heterocycles. The molecular formula is C35H38ClFN2O3Si. The van der Waals surface area contributed by atoms with Gasteiger partial charge in [0.25, 0.3) is 8.32 Å². The summed E-state index contributed by atoms with van der Waals surface area (Å²) in [5.41, 5.74) is 1.22. The summed E-state index contributed by atoms with van der Waals surface area (Å²) in [6.45, 7) is 11.8. The summed E-state index contributed by atoms with van der Waals surface area (Å²) in [5.74, 6) is -1.28. The molecule has 1 aliphatic rings. The number of hydrogen-bond acceptors (Lipinski definition) is 5. The monoisotopic (exact) mass is 616 g/mol. The van der Waals surface area contributed by atoms with Crippen molar-refractivity contribution in [2.45, 2.75) is 58.5 Å². The van der Waals surface area contributed by atoms with Gasteiger partial charge in [0.1, 0.15) is 10.7 Å². The Labute approximate surface area is 259 Å². The van der Waals surface area contributed by atoms with Crippen LogP contribution in [0.4, 0.5) is 10.1 Å². The van der Waals surface area contributed by atoms with Crippen LogP contribution >= 0.6 is 11.6 Å². The Balaban J connectivity index is 1.68. The van der Waals surface area contributed by atoms with Crippen LogP contribution in [0.25, 0.3) is 0 Å². The minimum Gasteiger partial charge on any atom is -0.403 e. The van der Waals surface area contributed by atoms with Gasteiger partial charge in [0.05, 0.1) is 30.1 Å². The van der Waals surface area contributed by atoms with Gasteiger partial charge in [-0.3, -0.25) is 9.78 Å². The Morgan fingerprint density at radius 2 is 1.53 bits per heavy atom. The van der Waals surface area contributed by atoms with E-state index in [9.17, 15) is 4.79 Å². The van der Waals surface area contributed by atoms with E-state index in [1.54, 1.807) is 24.3 Å². The first-order valence-electron chi connectivity index (χ1n) is 14.6. The number of ketones is 1. The van der Waals surface area contributed by atoms with Crippen LogP contribution in [0.2, 0.25) is 10.1 Å². The molecule has 5 rings (SSSR count). The first kappa shape index (κ1) is 31.1. The number of anilines is 1. The molecule has 1 fully saturated rings. The second-order valence-corrected chi connectivity index (χ2v) is 16.9. The highest BCUT2D eigenvalue weighted by Crippen LogP contribution is 2.41. The van der Waals surface area contributed by atoms with E-state index in [-0.39, 0.29) is 40.1 Å². The molecule has 0 aliphatic carbocycles. The van der Waals surface area contributed by atoms with Gasteiger partial charge in [-0.2, -0.15) is 0 Å². The summed E-state index contributed by atoms with van der Waals surface area (Å²) in [6, 6.07) is 27.3. The van der Waals surface area contributed by atoms with Crippen LogP contribution in [0.1, 0.15) is 56.2 Å². The molecule has 224 valence electrons. The van der Waals surface area contributed by atoms with Crippen molar-refractivity contribution in [1.82, 2.24) is 4.98 Å². The maximum Gasteiger partial charge on any atom is 0.261 e. The first-order valence-corrected chi connectivity index (χ1v) is 16.9. The lowest BCUT2D eigenvalue weighted by molar-refractivity contribution is -0.00532. The van der Waals surface area contributed by atoms with Gasteiger partial charge in [0, 0.05) is 24.8 Å². The lowest BCUT2D eigenvalue weighted by Gasteiger charge is -2.43. The van der Waals surface area contributed by atoms with Gasteiger partial charge in [-0.1, -0.05) is 99.1 Å². The highest BCUT2D eigenvalue weighted by Gasteiger charge is 2.50. The number of halogens is 2. The van der Waals surface area contributed by atoms with Crippen molar-refractivity contribution < 1.29 is 18.3 Å². The summed E-state index contributed by atoms with van der Waals surface area (Å²) < 4.78 is 29.3. The highest BCUT2D eigenvalue weighted by molar-refractivity contribution is 6.99. The Hall–Kier alpha value is -3.36. The van der Waals surface area contributed by atoms with Crippen molar-refractivity contribution >= 4 is 41.8 Å². The summed E-state index contributed by atoms with van der Waals surface area (Å²) in [4.78, 5) is 19.8. The SMILES string of the molecule is CC1CN(c2c(CO[Si](c3ccccc3)(c3ccccc3)C(C)(C)C)cc(C(=O)c3ccccn3)c(F)c2Cl)CC(C)O1. The maximum atomic E-state index is 16.1. The number of nitrogens with zero attached hydrogens (tertiary/aromatic N) is 2. The molecule has 0 radical (unpaired) electrons. The maximum absolute atomic E-state index is 16.1. The molecule has 3 aromatic carbocycles. The van der Waals surface area contributed by atoms with Crippen LogP contribution in [0.5, 0.6) is 0 Å². The first-order chi connectivity index (χ1) is 20.5. The zero-order valence-electron chi connectivity index (χ0n) is 25.3. The van der Waals surface area contributed by atoms with Crippen LogP contribution in [-0.2, 0) is 15.8 Å². The van der Waals surface area contributed by atoms with Gasteiger partial charge in [0.15, 0.2) is 5.82 Å². The van der Waals surface area contributed by atoms with E-state index in [2.05, 4.69) is 54.9 Å². The third-order valence-electron chi connectivity index (χ3n) is 8.00. The second kappa shape index (κ2) is 12.7. The van der Waals surface area contributed by atoms with Gasteiger partial charge >= 0.3 is 0 Å². The number of benzene rings is 3. The number of carbonyl (C=O) groups excluding carboxylic acids is 1. The Bertz CT molecular complexity index is 1520. The summed E-state index contributed by atoms with van der Waals surface area (Å²) in [7, 11) is -2.95. The van der Waals surface area contributed by atoms with E-state index in [0.717, 1.165) is 10.4 Å². The predicted molar refractivity (Wildman–Crippen MR) is 174 cm³/mol. The normalized spacial score (nSPS) is 17.6. The third kappa shape index (κ3) is 6.18. The van der Waals surface area contributed by atoms with E-state index in [1.165, 1.54) is 6.20 Å². The zero-order chi connectivity index (χ0) is 30.8. The molecule has 4 aromatic rings. The summed E-state index contributed by atoms with van der Waals surface area (Å²) >= 11 is 6.86. The molecule has 43 heavy (non-hydrogen) atoms. The van der Waals surface area contributed by atoms with E-state index in [4.69, 9.17) is 20.8 Å². The van der Waals surface area contributed by atoms with Crippen molar-refractivity contribution in [3.8, 4) is 0 Å². The fourth-order valence-electron chi connectivity index (χ4n) is 6.23. The van der Waals surface area contributed by atoms with E-state index < -0.39 is 19.9 Å². The molecular weight excluding hydrogens is 579 g/mol. The van der Waals surface area contributed by atoms with Gasteiger partial charge in [-0.05, 0) is 47.5 Å². The Morgan fingerprint density at radius 3 is 2.05 bits per heavy atom. The van der Waals surface area contributed by atoms with Crippen LogP contribution in [0, 0.1) is 5.82 Å². The van der Waals surface area contributed by atoms with Crippen molar-refractivity contribution in [1.29, 1.82) is 0 Å². The summed E-state index contributed by atoms with van der Waals surface area (Å²) in [5, 5.41) is 1.89. The Morgan fingerprint density at radius 1 is 0.977 bits per heavy atom. The third-order valence-corrected chi connectivity index (χ3v) is 13.3. The lowest BCUT2D eigenvalue weighted by atomic mass is 10.0. The molecule has 0 saturated carbocycles. The largest absolute Gasteiger partial charge is 0.403 e. The minimum absolute atomic E-state index is 0.0804. The molecule has 0 spiro atoms. The molecule has 8 heteroatoms. The average Bonchev–Trinajstić information content (AvgIpc) is 2.99. The van der Waals surface area contributed by atoms with Gasteiger partial charge in [-0.25, -0.2) is 4.39 Å². The van der Waals surface area contributed by atoms with E-state index >= 15 is 4.39 Å². The quantitative estimate of drug-likeness (QED) is 0.161. The molecule has 0 bridgehead atoms. The average molecular weight is 617 g/mol. The lowest BCUT2D eigenvalue weighted by Crippen LogP contribution is -2.66. The molecule has 2 heterocycles. The number of morpholine rings is 1. The smallest absolute Gasteiger partial charge is 0.261 e. The number of hydrogen-bond donors (Lipinski definition) is 0. The fraction of sp³-hybridized carbons (Fsp3) is 0.314. The number of ether oxygens (including phenoxy) is 1. The second-order valence-electron chi connectivity index (χ2n) is 12.2. The molecule has 1 saturated heterocycles. The van der Waals surface area contributed by atoms with Gasteiger partial charge in [-0.15, -0.1) is 0 Å². The molecule has 1 aromatic heterocycles. The number of rotatable bonds is 8. The van der Waals surface area contributed by atoms with Crippen LogP contribution in [0.3, 0.4) is 0 Å². The molecule has 2 unspecified atom stereocenters. The molecule has 2 atom stereocenters. The van der Waals surface area contributed by atoms with Crippen molar-refractivity contribution in [3.05, 3.63) is 119 Å². The number of aromatic nitrogens is 1. The summed E-state index contributed by atoms with van der Waals surface area (Å²) in [6.07, 6.45) is 1.36. The highest BCUT2D eigenvalue weighted by atomic mass is 35.5. The Kier molecular flexibility index (Phi) is 9.18. The van der Waals surface area contributed by atoms with Crippen LogP contribution in [-0.4, -0.2) is 44.4 Å². The molecule has 0 N–H and O–H groups in total.